The minimum absolute atomic E-state index is 0.0242. The van der Waals surface area contributed by atoms with Crippen molar-refractivity contribution in [1.82, 2.24) is 5.32 Å². The highest BCUT2D eigenvalue weighted by molar-refractivity contribution is 7.94. The quantitative estimate of drug-likeness (QED) is 0.639. The summed E-state index contributed by atoms with van der Waals surface area (Å²) in [5.41, 5.74) is 0. The monoisotopic (exact) mass is 299 g/mol. The molecule has 0 saturated carbocycles. The molecule has 0 fully saturated rings. The average molecular weight is 299 g/mol. The van der Waals surface area contributed by atoms with Crippen LogP contribution in [-0.4, -0.2) is 52.9 Å². The average Bonchev–Trinajstić information content (AvgIpc) is 2.22. The summed E-state index contributed by atoms with van der Waals surface area (Å²) >= 11 is 0. The first-order valence-corrected chi connectivity index (χ1v) is 10.2. The molecular formula is C11H25NO4S2. The molecule has 0 heterocycles. The molecule has 0 aromatic carbocycles. The van der Waals surface area contributed by atoms with Crippen molar-refractivity contribution in [1.29, 1.82) is 0 Å². The molecule has 7 heteroatoms. The second kappa shape index (κ2) is 8.12. The predicted molar refractivity (Wildman–Crippen MR) is 75.4 cm³/mol. The second-order valence-electron chi connectivity index (χ2n) is 4.68. The number of rotatable bonds is 10. The maximum Gasteiger partial charge on any atom is 0.152 e. The molecule has 1 atom stereocenters. The van der Waals surface area contributed by atoms with Crippen molar-refractivity contribution in [2.75, 3.05) is 30.1 Å². The van der Waals surface area contributed by atoms with E-state index in [0.717, 1.165) is 32.1 Å². The van der Waals surface area contributed by atoms with E-state index in [4.69, 9.17) is 0 Å². The van der Waals surface area contributed by atoms with E-state index in [2.05, 4.69) is 5.32 Å². The molecule has 0 bridgehead atoms. The minimum Gasteiger partial charge on any atom is -0.313 e. The molecule has 1 N–H and O–H groups in total. The Labute approximate surface area is 111 Å². The second-order valence-corrected chi connectivity index (χ2v) is 9.17. The SMILES string of the molecule is CCCNC(CCC)CS(=O)(=O)CCS(C)(=O)=O. The van der Waals surface area contributed by atoms with Crippen LogP contribution < -0.4 is 5.32 Å². The topological polar surface area (TPSA) is 80.3 Å². The van der Waals surface area contributed by atoms with Gasteiger partial charge in [0, 0.05) is 12.3 Å². The van der Waals surface area contributed by atoms with Gasteiger partial charge >= 0.3 is 0 Å². The Bertz CT molecular complexity index is 414. The van der Waals surface area contributed by atoms with Crippen LogP contribution in [0.15, 0.2) is 0 Å². The summed E-state index contributed by atoms with van der Waals surface area (Å²) in [6.45, 7) is 4.81. The molecule has 0 aromatic heterocycles. The van der Waals surface area contributed by atoms with Crippen molar-refractivity contribution < 1.29 is 16.8 Å². The molecule has 1 unspecified atom stereocenters. The fourth-order valence-corrected chi connectivity index (χ4v) is 4.90. The van der Waals surface area contributed by atoms with Gasteiger partial charge in [0.2, 0.25) is 0 Å². The van der Waals surface area contributed by atoms with Gasteiger partial charge in [-0.15, -0.1) is 0 Å². The molecule has 0 aromatic rings. The van der Waals surface area contributed by atoms with Crippen molar-refractivity contribution in [3.8, 4) is 0 Å². The Morgan fingerprint density at radius 2 is 1.61 bits per heavy atom. The van der Waals surface area contributed by atoms with E-state index in [-0.39, 0.29) is 23.3 Å². The first-order chi connectivity index (χ1) is 8.20. The van der Waals surface area contributed by atoms with E-state index in [1.807, 2.05) is 13.8 Å². The van der Waals surface area contributed by atoms with Crippen LogP contribution in [0.3, 0.4) is 0 Å². The summed E-state index contributed by atoms with van der Waals surface area (Å²) in [5, 5.41) is 3.19. The molecule has 0 aliphatic rings. The highest BCUT2D eigenvalue weighted by Gasteiger charge is 2.20. The van der Waals surface area contributed by atoms with Gasteiger partial charge in [-0.25, -0.2) is 16.8 Å². The third kappa shape index (κ3) is 9.85. The summed E-state index contributed by atoms with van der Waals surface area (Å²) < 4.78 is 45.6. The van der Waals surface area contributed by atoms with Gasteiger partial charge in [0.05, 0.1) is 17.3 Å². The van der Waals surface area contributed by atoms with E-state index in [9.17, 15) is 16.8 Å². The highest BCUT2D eigenvalue weighted by Crippen LogP contribution is 2.03. The molecule has 5 nitrogen and oxygen atoms in total. The lowest BCUT2D eigenvalue weighted by Crippen LogP contribution is -2.37. The van der Waals surface area contributed by atoms with Crippen LogP contribution in [0, 0.1) is 0 Å². The third-order valence-corrected chi connectivity index (χ3v) is 5.48. The Kier molecular flexibility index (Phi) is 8.05. The minimum atomic E-state index is -3.31. The van der Waals surface area contributed by atoms with Crippen LogP contribution in [0.25, 0.3) is 0 Å². The molecule has 0 saturated heterocycles. The van der Waals surface area contributed by atoms with Gasteiger partial charge in [0.25, 0.3) is 0 Å². The van der Waals surface area contributed by atoms with Crippen LogP contribution in [0.4, 0.5) is 0 Å². The van der Waals surface area contributed by atoms with Gasteiger partial charge in [0.1, 0.15) is 9.84 Å². The molecule has 0 radical (unpaired) electrons. The number of hydrogen-bond donors (Lipinski definition) is 1. The molecule has 18 heavy (non-hydrogen) atoms. The summed E-state index contributed by atoms with van der Waals surface area (Å²) in [4.78, 5) is 0. The van der Waals surface area contributed by atoms with E-state index in [0.29, 0.717) is 0 Å². The lowest BCUT2D eigenvalue weighted by molar-refractivity contribution is 0.500. The molecule has 0 spiro atoms. The van der Waals surface area contributed by atoms with Crippen molar-refractivity contribution >= 4 is 19.7 Å². The fourth-order valence-electron chi connectivity index (χ4n) is 1.61. The summed E-state index contributed by atoms with van der Waals surface area (Å²) in [6.07, 6.45) is 3.70. The predicted octanol–water partition coefficient (Wildman–Crippen LogP) is 0.614. The van der Waals surface area contributed by atoms with Crippen molar-refractivity contribution in [2.45, 2.75) is 39.2 Å². The van der Waals surface area contributed by atoms with Gasteiger partial charge in [-0.3, -0.25) is 0 Å². The van der Waals surface area contributed by atoms with E-state index < -0.39 is 19.7 Å². The normalized spacial score (nSPS) is 14.6. The van der Waals surface area contributed by atoms with Crippen molar-refractivity contribution in [3.63, 3.8) is 0 Å². The van der Waals surface area contributed by atoms with E-state index in [1.54, 1.807) is 0 Å². The fraction of sp³-hybridized carbons (Fsp3) is 1.00. The van der Waals surface area contributed by atoms with Gasteiger partial charge in [-0.05, 0) is 19.4 Å². The van der Waals surface area contributed by atoms with Gasteiger partial charge in [-0.2, -0.15) is 0 Å². The lowest BCUT2D eigenvalue weighted by atomic mass is 10.2. The lowest BCUT2D eigenvalue weighted by Gasteiger charge is -2.17. The van der Waals surface area contributed by atoms with Crippen LogP contribution in [0.1, 0.15) is 33.1 Å². The first-order valence-electron chi connectivity index (χ1n) is 6.31. The zero-order valence-corrected chi connectivity index (χ0v) is 13.1. The van der Waals surface area contributed by atoms with Crippen LogP contribution in [-0.2, 0) is 19.7 Å². The highest BCUT2D eigenvalue weighted by atomic mass is 32.2. The molecule has 0 rings (SSSR count). The van der Waals surface area contributed by atoms with Gasteiger partial charge in [-0.1, -0.05) is 20.3 Å². The Hall–Kier alpha value is -0.140. The largest absolute Gasteiger partial charge is 0.313 e. The molecule has 0 aliphatic heterocycles. The van der Waals surface area contributed by atoms with Gasteiger partial charge < -0.3 is 5.32 Å². The standard InChI is InChI=1S/C11H25NO4S2/c1-4-6-11(12-7-5-2)10-18(15,16)9-8-17(3,13)14/h11-12H,4-10H2,1-3H3. The smallest absolute Gasteiger partial charge is 0.152 e. The third-order valence-electron chi connectivity index (χ3n) is 2.54. The molecular weight excluding hydrogens is 274 g/mol. The number of nitrogens with one attached hydrogen (secondary N) is 1. The summed E-state index contributed by atoms with van der Waals surface area (Å²) in [7, 11) is -6.53. The molecule has 110 valence electrons. The zero-order chi connectivity index (χ0) is 14.2. The number of sulfone groups is 2. The van der Waals surface area contributed by atoms with Crippen LogP contribution in [0.2, 0.25) is 0 Å². The summed E-state index contributed by atoms with van der Waals surface area (Å²) in [5.74, 6) is -0.543. The van der Waals surface area contributed by atoms with Gasteiger partial charge in [0.15, 0.2) is 9.84 Å². The summed E-state index contributed by atoms with van der Waals surface area (Å²) in [6, 6.07) is -0.0699. The van der Waals surface area contributed by atoms with Crippen LogP contribution >= 0.6 is 0 Å². The molecule has 0 amide bonds. The van der Waals surface area contributed by atoms with E-state index in [1.165, 1.54) is 0 Å². The van der Waals surface area contributed by atoms with E-state index >= 15 is 0 Å². The number of hydrogen-bond acceptors (Lipinski definition) is 5. The van der Waals surface area contributed by atoms with Crippen LogP contribution in [0.5, 0.6) is 0 Å². The Balaban J connectivity index is 4.40. The Morgan fingerprint density at radius 3 is 2.06 bits per heavy atom. The maximum atomic E-state index is 11.8. The molecule has 0 aliphatic carbocycles. The van der Waals surface area contributed by atoms with Crippen molar-refractivity contribution in [2.24, 2.45) is 0 Å². The Morgan fingerprint density at radius 1 is 1.00 bits per heavy atom. The maximum absolute atomic E-state index is 11.8. The first kappa shape index (κ1) is 17.9. The zero-order valence-electron chi connectivity index (χ0n) is 11.5. The van der Waals surface area contributed by atoms with Crippen molar-refractivity contribution in [3.05, 3.63) is 0 Å².